The number of carbonyl (C=O) groups is 1. The molecule has 0 aliphatic carbocycles. The summed E-state index contributed by atoms with van der Waals surface area (Å²) in [5.74, 6) is 0.792. The highest BCUT2D eigenvalue weighted by Gasteiger charge is 2.33. The van der Waals surface area contributed by atoms with E-state index in [-0.39, 0.29) is 12.2 Å². The van der Waals surface area contributed by atoms with Crippen LogP contribution in [0.3, 0.4) is 0 Å². The number of benzene rings is 2. The number of hydrogen-bond donors (Lipinski definition) is 0. The molecule has 1 saturated heterocycles. The molecule has 0 bridgehead atoms. The highest BCUT2D eigenvalue weighted by molar-refractivity contribution is 6.02. The fourth-order valence-electron chi connectivity index (χ4n) is 3.38. The molecule has 1 aliphatic heterocycles. The van der Waals surface area contributed by atoms with Crippen molar-refractivity contribution in [1.82, 2.24) is 4.57 Å². The van der Waals surface area contributed by atoms with E-state index in [0.29, 0.717) is 19.8 Å². The van der Waals surface area contributed by atoms with Crippen molar-refractivity contribution >= 4 is 22.7 Å². The lowest BCUT2D eigenvalue weighted by atomic mass is 10.2. The summed E-state index contributed by atoms with van der Waals surface area (Å²) in [6, 6.07) is 16.0. The first-order valence-electron chi connectivity index (χ1n) is 8.88. The Labute approximate surface area is 157 Å². The van der Waals surface area contributed by atoms with Crippen molar-refractivity contribution in [3.8, 4) is 5.75 Å². The zero-order valence-electron chi connectivity index (χ0n) is 15.4. The largest absolute Gasteiger partial charge is 0.489 e. The Hall–Kier alpha value is -2.99. The van der Waals surface area contributed by atoms with Gasteiger partial charge in [-0.3, -0.25) is 4.90 Å². The van der Waals surface area contributed by atoms with Gasteiger partial charge in [0, 0.05) is 31.8 Å². The van der Waals surface area contributed by atoms with Gasteiger partial charge in [0.1, 0.15) is 18.5 Å². The van der Waals surface area contributed by atoms with Gasteiger partial charge in [-0.2, -0.15) is 0 Å². The van der Waals surface area contributed by atoms with E-state index < -0.39 is 0 Å². The molecule has 2 aromatic carbocycles. The Morgan fingerprint density at radius 2 is 2.00 bits per heavy atom. The summed E-state index contributed by atoms with van der Waals surface area (Å²) < 4.78 is 18.4. The smallest absolute Gasteiger partial charge is 0.414 e. The molecule has 0 saturated carbocycles. The normalized spacial score (nSPS) is 16.7. The van der Waals surface area contributed by atoms with Crippen LogP contribution in [0.25, 0.3) is 10.9 Å². The number of carbonyl (C=O) groups excluding carboxylic acids is 1. The Bertz CT molecular complexity index is 951. The van der Waals surface area contributed by atoms with Crippen LogP contribution in [0.15, 0.2) is 54.7 Å². The highest BCUT2D eigenvalue weighted by atomic mass is 16.6. The lowest BCUT2D eigenvalue weighted by Gasteiger charge is -2.12. The summed E-state index contributed by atoms with van der Waals surface area (Å²) in [5.41, 5.74) is 2.96. The van der Waals surface area contributed by atoms with Crippen LogP contribution in [0.5, 0.6) is 5.75 Å². The second kappa shape index (κ2) is 7.32. The van der Waals surface area contributed by atoms with E-state index in [2.05, 4.69) is 0 Å². The van der Waals surface area contributed by atoms with Gasteiger partial charge in [0.2, 0.25) is 0 Å². The number of methoxy groups -OCH3 is 1. The van der Waals surface area contributed by atoms with Gasteiger partial charge in [0.25, 0.3) is 0 Å². The standard InChI is InChI=1S/C21H22N2O4/c1-22-12-20(23-11-17(14-25-2)27-21(23)24)18-9-8-16(10-19(18)22)26-13-15-6-4-3-5-7-15/h3-10,12,17H,11,13-14H2,1-2H3/t17-/m0/s1. The van der Waals surface area contributed by atoms with E-state index >= 15 is 0 Å². The molecule has 140 valence electrons. The van der Waals surface area contributed by atoms with Crippen molar-refractivity contribution in [3.05, 3.63) is 60.3 Å². The van der Waals surface area contributed by atoms with Crippen LogP contribution in [0, 0.1) is 0 Å². The molecule has 6 heteroatoms. The molecular weight excluding hydrogens is 344 g/mol. The van der Waals surface area contributed by atoms with Gasteiger partial charge >= 0.3 is 6.09 Å². The number of hydrogen-bond acceptors (Lipinski definition) is 4. The van der Waals surface area contributed by atoms with E-state index in [1.165, 1.54) is 0 Å². The average Bonchev–Trinajstić information content (AvgIpc) is 3.20. The van der Waals surface area contributed by atoms with E-state index in [1.807, 2.05) is 66.3 Å². The minimum Gasteiger partial charge on any atom is -0.489 e. The van der Waals surface area contributed by atoms with Crippen molar-refractivity contribution in [2.45, 2.75) is 12.7 Å². The van der Waals surface area contributed by atoms with Crippen LogP contribution in [0.4, 0.5) is 10.5 Å². The van der Waals surface area contributed by atoms with Crippen LogP contribution < -0.4 is 9.64 Å². The molecule has 4 rings (SSSR count). The number of fused-ring (bicyclic) bond motifs is 1. The molecule has 0 spiro atoms. The SMILES string of the molecule is COC[C@@H]1CN(c2cn(C)c3cc(OCc4ccccc4)ccc23)C(=O)O1. The molecule has 1 aromatic heterocycles. The predicted octanol–water partition coefficient (Wildman–Crippen LogP) is 3.73. The number of cyclic esters (lactones) is 1. The van der Waals surface area contributed by atoms with Crippen molar-refractivity contribution < 1.29 is 19.0 Å². The molecule has 3 aromatic rings. The van der Waals surface area contributed by atoms with Crippen molar-refractivity contribution in [3.63, 3.8) is 0 Å². The summed E-state index contributed by atoms with van der Waals surface area (Å²) in [6.07, 6.45) is 1.36. The molecule has 1 aliphatic rings. The van der Waals surface area contributed by atoms with Gasteiger partial charge in [0.15, 0.2) is 0 Å². The van der Waals surface area contributed by atoms with Crippen molar-refractivity contribution in [2.75, 3.05) is 25.2 Å². The van der Waals surface area contributed by atoms with Gasteiger partial charge in [-0.15, -0.1) is 0 Å². The average molecular weight is 366 g/mol. The first kappa shape index (κ1) is 17.4. The van der Waals surface area contributed by atoms with Gasteiger partial charge in [-0.1, -0.05) is 30.3 Å². The molecule has 0 N–H and O–H groups in total. The number of ether oxygens (including phenoxy) is 3. The van der Waals surface area contributed by atoms with E-state index in [0.717, 1.165) is 27.9 Å². The van der Waals surface area contributed by atoms with Crippen LogP contribution in [0.2, 0.25) is 0 Å². The molecule has 0 radical (unpaired) electrons. The van der Waals surface area contributed by atoms with Gasteiger partial charge in [-0.25, -0.2) is 4.79 Å². The Morgan fingerprint density at radius 1 is 1.19 bits per heavy atom. The molecule has 27 heavy (non-hydrogen) atoms. The minimum absolute atomic E-state index is 0.244. The minimum atomic E-state index is -0.339. The van der Waals surface area contributed by atoms with Crippen LogP contribution >= 0.6 is 0 Å². The maximum Gasteiger partial charge on any atom is 0.414 e. The highest BCUT2D eigenvalue weighted by Crippen LogP contribution is 2.33. The summed E-state index contributed by atoms with van der Waals surface area (Å²) in [5, 5.41) is 0.986. The molecule has 1 amide bonds. The number of nitrogens with zero attached hydrogens (tertiary/aromatic N) is 2. The predicted molar refractivity (Wildman–Crippen MR) is 103 cm³/mol. The second-order valence-electron chi connectivity index (χ2n) is 6.65. The van der Waals surface area contributed by atoms with E-state index in [1.54, 1.807) is 12.0 Å². The maximum absolute atomic E-state index is 12.3. The molecule has 1 fully saturated rings. The second-order valence-corrected chi connectivity index (χ2v) is 6.65. The number of rotatable bonds is 6. The number of aromatic nitrogens is 1. The fourth-order valence-corrected chi connectivity index (χ4v) is 3.38. The summed E-state index contributed by atoms with van der Waals surface area (Å²) in [4.78, 5) is 13.9. The van der Waals surface area contributed by atoms with Crippen LogP contribution in [-0.4, -0.2) is 37.0 Å². The lowest BCUT2D eigenvalue weighted by Crippen LogP contribution is -2.25. The first-order chi connectivity index (χ1) is 13.2. The molecule has 1 atom stereocenters. The molecule has 0 unspecified atom stereocenters. The third-order valence-corrected chi connectivity index (χ3v) is 4.71. The van der Waals surface area contributed by atoms with Gasteiger partial charge < -0.3 is 18.8 Å². The van der Waals surface area contributed by atoms with E-state index in [4.69, 9.17) is 14.2 Å². The molecule has 6 nitrogen and oxygen atoms in total. The molecular formula is C21H22N2O4. The Kier molecular flexibility index (Phi) is 4.73. The van der Waals surface area contributed by atoms with E-state index in [9.17, 15) is 4.79 Å². The lowest BCUT2D eigenvalue weighted by molar-refractivity contribution is 0.0718. The number of anilines is 1. The van der Waals surface area contributed by atoms with Crippen LogP contribution in [0.1, 0.15) is 5.56 Å². The summed E-state index contributed by atoms with van der Waals surface area (Å²) >= 11 is 0. The number of amides is 1. The third kappa shape index (κ3) is 3.48. The monoisotopic (exact) mass is 366 g/mol. The molecule has 2 heterocycles. The fraction of sp³-hybridized carbons (Fsp3) is 0.286. The summed E-state index contributed by atoms with van der Waals surface area (Å²) in [6.45, 7) is 1.39. The summed E-state index contributed by atoms with van der Waals surface area (Å²) in [7, 11) is 3.56. The third-order valence-electron chi connectivity index (χ3n) is 4.71. The Balaban J connectivity index is 1.57. The van der Waals surface area contributed by atoms with Crippen molar-refractivity contribution in [1.29, 1.82) is 0 Å². The van der Waals surface area contributed by atoms with Crippen molar-refractivity contribution in [2.24, 2.45) is 7.05 Å². The quantitative estimate of drug-likeness (QED) is 0.667. The first-order valence-corrected chi connectivity index (χ1v) is 8.88. The maximum atomic E-state index is 12.3. The number of aryl methyl sites for hydroxylation is 1. The van der Waals surface area contributed by atoms with Gasteiger partial charge in [-0.05, 0) is 17.7 Å². The van der Waals surface area contributed by atoms with Crippen LogP contribution in [-0.2, 0) is 23.1 Å². The Morgan fingerprint density at radius 3 is 2.78 bits per heavy atom. The topological polar surface area (TPSA) is 52.9 Å². The van der Waals surface area contributed by atoms with Gasteiger partial charge in [0.05, 0.1) is 24.4 Å². The zero-order chi connectivity index (χ0) is 18.8. The zero-order valence-corrected chi connectivity index (χ0v) is 15.4.